The lowest BCUT2D eigenvalue weighted by molar-refractivity contribution is 0.0534. The van der Waals surface area contributed by atoms with Gasteiger partial charge in [-0.05, 0) is 50.1 Å². The zero-order valence-corrected chi connectivity index (χ0v) is 17.6. The fraction of sp³-hybridized carbons (Fsp3) is 0.261. The Balaban J connectivity index is 1.89. The fourth-order valence-electron chi connectivity index (χ4n) is 3.72. The highest BCUT2D eigenvalue weighted by molar-refractivity contribution is 6.38. The second-order valence-corrected chi connectivity index (χ2v) is 8.62. The Morgan fingerprint density at radius 3 is 2.63 bits per heavy atom. The van der Waals surface area contributed by atoms with Crippen LogP contribution in [0, 0.1) is 0 Å². The molecule has 0 bridgehead atoms. The van der Waals surface area contributed by atoms with Crippen LogP contribution >= 0.6 is 11.6 Å². The predicted octanol–water partition coefficient (Wildman–Crippen LogP) is 4.92. The molecule has 1 atom stereocenters. The quantitative estimate of drug-likeness (QED) is 0.477. The number of fused-ring (bicyclic) bond motifs is 2. The van der Waals surface area contributed by atoms with E-state index in [-0.39, 0.29) is 22.1 Å². The average Bonchev–Trinajstić information content (AvgIpc) is 3.29. The van der Waals surface area contributed by atoms with Crippen molar-refractivity contribution in [1.29, 1.82) is 0 Å². The van der Waals surface area contributed by atoms with E-state index in [1.54, 1.807) is 32.9 Å². The number of ketones is 1. The number of nitrogens with zero attached hydrogens (tertiary/aromatic N) is 1. The molecule has 7 heteroatoms. The highest BCUT2D eigenvalue weighted by Crippen LogP contribution is 2.34. The Labute approximate surface area is 178 Å². The zero-order chi connectivity index (χ0) is 21.6. The highest BCUT2D eigenvalue weighted by Gasteiger charge is 2.33. The lowest BCUT2D eigenvalue weighted by Crippen LogP contribution is -2.31. The third-order valence-electron chi connectivity index (χ3n) is 5.03. The number of rotatable bonds is 3. The molecule has 1 aliphatic rings. The molecule has 0 saturated heterocycles. The summed E-state index contributed by atoms with van der Waals surface area (Å²) in [5.74, 6) is -0.272. The van der Waals surface area contributed by atoms with Crippen molar-refractivity contribution in [2.75, 3.05) is 0 Å². The molecular weight excluding hydrogens is 404 g/mol. The van der Waals surface area contributed by atoms with E-state index in [1.165, 1.54) is 10.6 Å². The Hall–Kier alpha value is -2.96. The number of ether oxygens (including phenoxy) is 1. The average molecular weight is 425 g/mol. The molecule has 154 valence electrons. The number of hydrogen-bond donors (Lipinski definition) is 1. The third kappa shape index (κ3) is 3.42. The Bertz CT molecular complexity index is 1190. The van der Waals surface area contributed by atoms with E-state index >= 15 is 0 Å². The fourth-order valence-corrected chi connectivity index (χ4v) is 3.98. The summed E-state index contributed by atoms with van der Waals surface area (Å²) in [6.07, 6.45) is -0.0369. The number of benzene rings is 2. The molecule has 2 heterocycles. The maximum absolute atomic E-state index is 13.5. The van der Waals surface area contributed by atoms with Crippen molar-refractivity contribution in [2.24, 2.45) is 0 Å². The number of Topliss-reactive ketones (excluding diaryl/α,β-unsaturated/α-hetero) is 1. The molecule has 0 radical (unpaired) electrons. The number of carbonyl (C=O) groups excluding carboxylic acids is 3. The Morgan fingerprint density at radius 1 is 1.20 bits per heavy atom. The van der Waals surface area contributed by atoms with Crippen molar-refractivity contribution in [3.63, 3.8) is 0 Å². The summed E-state index contributed by atoms with van der Waals surface area (Å²) in [6, 6.07) is 11.8. The van der Waals surface area contributed by atoms with Gasteiger partial charge in [-0.3, -0.25) is 14.9 Å². The number of nitrogens with one attached hydrogen (secondary N) is 1. The second kappa shape index (κ2) is 7.38. The van der Waals surface area contributed by atoms with Gasteiger partial charge in [0, 0.05) is 17.5 Å². The SMILES string of the molecule is CC(C)(C)OC(=O)n1c(C(=O)C2NCc3ccccc32)cc2c(Cl)c(C=O)ccc21. The number of carbonyl (C=O) groups is 3. The second-order valence-electron chi connectivity index (χ2n) is 8.24. The lowest BCUT2D eigenvalue weighted by Gasteiger charge is -2.21. The van der Waals surface area contributed by atoms with E-state index in [0.29, 0.717) is 23.7 Å². The first-order valence-corrected chi connectivity index (χ1v) is 9.97. The first kappa shape index (κ1) is 20.3. The molecule has 1 aromatic heterocycles. The predicted molar refractivity (Wildman–Crippen MR) is 114 cm³/mol. The van der Waals surface area contributed by atoms with Gasteiger partial charge in [0.05, 0.1) is 22.3 Å². The molecule has 0 spiro atoms. The van der Waals surface area contributed by atoms with Crippen LogP contribution in [0.2, 0.25) is 5.02 Å². The summed E-state index contributed by atoms with van der Waals surface area (Å²) >= 11 is 6.39. The van der Waals surface area contributed by atoms with Crippen LogP contribution in [0.25, 0.3) is 10.9 Å². The van der Waals surface area contributed by atoms with Crippen LogP contribution in [0.15, 0.2) is 42.5 Å². The molecule has 0 fully saturated rings. The zero-order valence-electron chi connectivity index (χ0n) is 16.9. The smallest absolute Gasteiger partial charge is 0.419 e. The van der Waals surface area contributed by atoms with Crippen LogP contribution in [0.1, 0.15) is 58.8 Å². The van der Waals surface area contributed by atoms with E-state index in [1.807, 2.05) is 24.3 Å². The molecule has 6 nitrogen and oxygen atoms in total. The molecule has 1 N–H and O–H groups in total. The topological polar surface area (TPSA) is 77.4 Å². The minimum atomic E-state index is -0.751. The van der Waals surface area contributed by atoms with Crippen molar-refractivity contribution in [3.8, 4) is 0 Å². The molecule has 3 aromatic rings. The van der Waals surface area contributed by atoms with Gasteiger partial charge < -0.3 is 4.74 Å². The highest BCUT2D eigenvalue weighted by atomic mass is 35.5. The van der Waals surface area contributed by atoms with Crippen LogP contribution < -0.4 is 5.32 Å². The normalized spacial score (nSPS) is 15.8. The van der Waals surface area contributed by atoms with Crippen molar-refractivity contribution in [1.82, 2.24) is 9.88 Å². The maximum atomic E-state index is 13.5. The summed E-state index contributed by atoms with van der Waals surface area (Å²) in [4.78, 5) is 37.9. The molecular formula is C23H21ClN2O4. The molecule has 2 aromatic carbocycles. The third-order valence-corrected chi connectivity index (χ3v) is 5.45. The van der Waals surface area contributed by atoms with E-state index in [4.69, 9.17) is 16.3 Å². The van der Waals surface area contributed by atoms with Crippen molar-refractivity contribution >= 4 is 40.7 Å². The van der Waals surface area contributed by atoms with E-state index < -0.39 is 17.7 Å². The molecule has 0 saturated carbocycles. The molecule has 1 aliphatic heterocycles. The van der Waals surface area contributed by atoms with E-state index in [2.05, 4.69) is 5.32 Å². The number of aromatic nitrogens is 1. The van der Waals surface area contributed by atoms with Crippen LogP contribution in [0.4, 0.5) is 4.79 Å². The molecule has 0 aliphatic carbocycles. The van der Waals surface area contributed by atoms with E-state index in [0.717, 1.165) is 11.1 Å². The number of hydrogen-bond acceptors (Lipinski definition) is 5. The van der Waals surface area contributed by atoms with Gasteiger partial charge in [0.1, 0.15) is 5.60 Å². The van der Waals surface area contributed by atoms with Crippen LogP contribution in [-0.2, 0) is 11.3 Å². The van der Waals surface area contributed by atoms with Crippen molar-refractivity contribution in [2.45, 2.75) is 39.0 Å². The van der Waals surface area contributed by atoms with E-state index in [9.17, 15) is 14.4 Å². The monoisotopic (exact) mass is 424 g/mol. The van der Waals surface area contributed by atoms with Crippen molar-refractivity contribution in [3.05, 3.63) is 69.9 Å². The number of halogens is 1. The first-order valence-electron chi connectivity index (χ1n) is 9.59. The van der Waals surface area contributed by atoms with Crippen LogP contribution in [0.3, 0.4) is 0 Å². The Kier molecular flexibility index (Phi) is 5.00. The standard InChI is InChI=1S/C23H21ClN2O4/c1-23(2,3)30-22(29)26-17-9-8-14(12-27)19(24)16(17)10-18(26)21(28)20-15-7-5-4-6-13(15)11-25-20/h4-10,12,20,25H,11H2,1-3H3. The van der Waals surface area contributed by atoms with Crippen LogP contribution in [0.5, 0.6) is 0 Å². The molecule has 30 heavy (non-hydrogen) atoms. The first-order chi connectivity index (χ1) is 14.2. The summed E-state index contributed by atoms with van der Waals surface area (Å²) in [7, 11) is 0. The van der Waals surface area contributed by atoms with Gasteiger partial charge in [0.25, 0.3) is 0 Å². The van der Waals surface area contributed by atoms with Gasteiger partial charge in [-0.1, -0.05) is 35.9 Å². The molecule has 1 unspecified atom stereocenters. The summed E-state index contributed by atoms with van der Waals surface area (Å²) < 4.78 is 6.79. The number of aldehydes is 1. The van der Waals surface area contributed by atoms with Crippen LogP contribution in [-0.4, -0.2) is 28.3 Å². The van der Waals surface area contributed by atoms with Gasteiger partial charge in [-0.25, -0.2) is 9.36 Å². The van der Waals surface area contributed by atoms with Gasteiger partial charge in [-0.15, -0.1) is 0 Å². The summed E-state index contributed by atoms with van der Waals surface area (Å²) in [5.41, 5.74) is 2.01. The van der Waals surface area contributed by atoms with Crippen molar-refractivity contribution < 1.29 is 19.1 Å². The molecule has 0 amide bonds. The molecule has 4 rings (SSSR count). The Morgan fingerprint density at radius 2 is 1.93 bits per heavy atom. The summed E-state index contributed by atoms with van der Waals surface area (Å²) in [5, 5.41) is 3.85. The minimum absolute atomic E-state index is 0.151. The van der Waals surface area contributed by atoms with Gasteiger partial charge in [-0.2, -0.15) is 0 Å². The van der Waals surface area contributed by atoms with Gasteiger partial charge in [0.15, 0.2) is 6.29 Å². The largest absolute Gasteiger partial charge is 0.443 e. The maximum Gasteiger partial charge on any atom is 0.419 e. The summed E-state index contributed by atoms with van der Waals surface area (Å²) in [6.45, 7) is 5.83. The van der Waals surface area contributed by atoms with Gasteiger partial charge >= 0.3 is 6.09 Å². The van der Waals surface area contributed by atoms with Gasteiger partial charge in [0.2, 0.25) is 5.78 Å². The lowest BCUT2D eigenvalue weighted by atomic mass is 10.00. The minimum Gasteiger partial charge on any atom is -0.443 e.